The van der Waals surface area contributed by atoms with E-state index < -0.39 is 6.03 Å². The number of anilines is 1. The lowest BCUT2D eigenvalue weighted by molar-refractivity contribution is 0.184. The van der Waals surface area contributed by atoms with Crippen LogP contribution in [0.25, 0.3) is 0 Å². The molecule has 4 nitrogen and oxygen atoms in total. The highest BCUT2D eigenvalue weighted by Gasteiger charge is 2.12. The molecule has 0 heterocycles. The van der Waals surface area contributed by atoms with Crippen molar-refractivity contribution < 1.29 is 9.63 Å². The summed E-state index contributed by atoms with van der Waals surface area (Å²) < 4.78 is 0. The summed E-state index contributed by atoms with van der Waals surface area (Å²) >= 11 is 11.8. The van der Waals surface area contributed by atoms with Crippen molar-refractivity contribution in [3.8, 4) is 5.75 Å². The molecular weight excluding hydrogens is 311 g/mol. The smallest absolute Gasteiger partial charge is 0.354 e. The largest absolute Gasteiger partial charge is 0.376 e. The fourth-order valence-electron chi connectivity index (χ4n) is 1.61. The second kappa shape index (κ2) is 6.70. The van der Waals surface area contributed by atoms with Gasteiger partial charge in [-0.2, -0.15) is 5.48 Å². The minimum Gasteiger partial charge on any atom is -0.376 e. The number of hydrogen-bond donors (Lipinski definition) is 1. The van der Waals surface area contributed by atoms with Gasteiger partial charge in [-0.1, -0.05) is 40.9 Å². The summed E-state index contributed by atoms with van der Waals surface area (Å²) in [6.07, 6.45) is 0. The highest BCUT2D eigenvalue weighted by molar-refractivity contribution is 6.34. The molecule has 0 aliphatic rings. The molecule has 21 heavy (non-hydrogen) atoms. The van der Waals surface area contributed by atoms with Gasteiger partial charge in [0.05, 0.1) is 5.02 Å². The van der Waals surface area contributed by atoms with Gasteiger partial charge < -0.3 is 4.84 Å². The Hall–Kier alpha value is -1.91. The maximum absolute atomic E-state index is 12.0. The molecule has 0 saturated carbocycles. The second-order valence-corrected chi connectivity index (χ2v) is 5.32. The quantitative estimate of drug-likeness (QED) is 0.848. The molecule has 0 radical (unpaired) electrons. The van der Waals surface area contributed by atoms with Crippen molar-refractivity contribution >= 4 is 34.9 Å². The maximum atomic E-state index is 12.0. The Bertz CT molecular complexity index is 645. The second-order valence-electron chi connectivity index (χ2n) is 4.48. The minimum atomic E-state index is -0.421. The molecule has 2 aromatic carbocycles. The fraction of sp³-hybridized carbons (Fsp3) is 0.133. The lowest BCUT2D eigenvalue weighted by Crippen LogP contribution is -2.39. The number of hydroxylamine groups is 1. The number of carbonyl (C=O) groups is 1. The maximum Gasteiger partial charge on any atom is 0.354 e. The van der Waals surface area contributed by atoms with Gasteiger partial charge in [0.25, 0.3) is 0 Å². The van der Waals surface area contributed by atoms with Gasteiger partial charge in [0, 0.05) is 23.8 Å². The molecule has 0 saturated heterocycles. The van der Waals surface area contributed by atoms with Crippen LogP contribution in [0.4, 0.5) is 10.5 Å². The number of amides is 2. The first kappa shape index (κ1) is 15.5. The highest BCUT2D eigenvalue weighted by atomic mass is 35.5. The van der Waals surface area contributed by atoms with Crippen LogP contribution in [0, 0.1) is 6.92 Å². The molecule has 2 aromatic rings. The summed E-state index contributed by atoms with van der Waals surface area (Å²) in [5.74, 6) is 0.287. The van der Waals surface area contributed by atoms with Gasteiger partial charge in [0.2, 0.25) is 0 Å². The van der Waals surface area contributed by atoms with Crippen LogP contribution in [0.3, 0.4) is 0 Å². The molecule has 0 fully saturated rings. The van der Waals surface area contributed by atoms with Crippen molar-refractivity contribution in [1.82, 2.24) is 5.48 Å². The van der Waals surface area contributed by atoms with Crippen molar-refractivity contribution in [1.29, 1.82) is 0 Å². The van der Waals surface area contributed by atoms with Crippen LogP contribution in [0.1, 0.15) is 5.56 Å². The average molecular weight is 325 g/mol. The molecule has 0 aromatic heterocycles. The topological polar surface area (TPSA) is 41.6 Å². The highest BCUT2D eigenvalue weighted by Crippen LogP contribution is 2.27. The Kier molecular flexibility index (Phi) is 4.94. The van der Waals surface area contributed by atoms with E-state index in [9.17, 15) is 4.79 Å². The van der Waals surface area contributed by atoms with Crippen molar-refractivity contribution in [3.63, 3.8) is 0 Å². The Morgan fingerprint density at radius 2 is 1.81 bits per heavy atom. The number of benzene rings is 2. The SMILES string of the molecule is Cc1ccc(N(C)C(=O)NOc2cc(Cl)ccc2Cl)cc1. The number of nitrogens with zero attached hydrogens (tertiary/aromatic N) is 1. The molecule has 0 aliphatic carbocycles. The van der Waals surface area contributed by atoms with Gasteiger partial charge >= 0.3 is 6.03 Å². The first-order chi connectivity index (χ1) is 9.97. The van der Waals surface area contributed by atoms with E-state index in [1.807, 2.05) is 31.2 Å². The van der Waals surface area contributed by atoms with E-state index in [4.69, 9.17) is 28.0 Å². The third-order valence-corrected chi connectivity index (χ3v) is 3.41. The van der Waals surface area contributed by atoms with E-state index in [2.05, 4.69) is 5.48 Å². The number of halogens is 2. The molecule has 0 spiro atoms. The monoisotopic (exact) mass is 324 g/mol. The van der Waals surface area contributed by atoms with E-state index in [0.717, 1.165) is 11.3 Å². The third kappa shape index (κ3) is 4.03. The van der Waals surface area contributed by atoms with E-state index in [1.165, 1.54) is 11.0 Å². The van der Waals surface area contributed by atoms with Crippen LogP contribution in [0.5, 0.6) is 5.75 Å². The number of hydrogen-bond acceptors (Lipinski definition) is 2. The summed E-state index contributed by atoms with van der Waals surface area (Å²) in [5.41, 5.74) is 4.19. The number of carbonyl (C=O) groups excluding carboxylic acids is 1. The molecule has 0 unspecified atom stereocenters. The number of urea groups is 1. The molecule has 110 valence electrons. The third-order valence-electron chi connectivity index (χ3n) is 2.87. The van der Waals surface area contributed by atoms with Crippen LogP contribution in [-0.2, 0) is 0 Å². The molecule has 2 amide bonds. The predicted octanol–water partition coefficient (Wildman–Crippen LogP) is 4.44. The fourth-order valence-corrected chi connectivity index (χ4v) is 1.93. The van der Waals surface area contributed by atoms with Gasteiger partial charge in [0.1, 0.15) is 0 Å². The van der Waals surface area contributed by atoms with E-state index in [0.29, 0.717) is 10.0 Å². The molecule has 2 rings (SSSR count). The van der Waals surface area contributed by atoms with Gasteiger partial charge in [0.15, 0.2) is 5.75 Å². The number of nitrogens with one attached hydrogen (secondary N) is 1. The van der Waals surface area contributed by atoms with E-state index in [1.54, 1.807) is 19.2 Å². The zero-order valence-electron chi connectivity index (χ0n) is 11.6. The zero-order valence-corrected chi connectivity index (χ0v) is 13.1. The summed E-state index contributed by atoms with van der Waals surface area (Å²) in [5, 5.41) is 0.827. The zero-order chi connectivity index (χ0) is 15.4. The van der Waals surface area contributed by atoms with Gasteiger partial charge in [-0.25, -0.2) is 4.79 Å². The van der Waals surface area contributed by atoms with Gasteiger partial charge in [-0.05, 0) is 31.2 Å². The standard InChI is InChI=1S/C15H14Cl2N2O2/c1-10-3-6-12(7-4-10)19(2)15(20)18-21-14-9-11(16)5-8-13(14)17/h3-9H,1-2H3,(H,18,20). The average Bonchev–Trinajstić information content (AvgIpc) is 2.48. The summed E-state index contributed by atoms with van der Waals surface area (Å²) in [4.78, 5) is 18.6. The lowest BCUT2D eigenvalue weighted by Gasteiger charge is -2.18. The Morgan fingerprint density at radius 3 is 2.48 bits per heavy atom. The molecule has 1 N–H and O–H groups in total. The summed E-state index contributed by atoms with van der Waals surface area (Å²) in [6.45, 7) is 1.98. The van der Waals surface area contributed by atoms with E-state index in [-0.39, 0.29) is 5.75 Å². The van der Waals surface area contributed by atoms with Crippen LogP contribution < -0.4 is 15.2 Å². The Labute approximate surface area is 133 Å². The van der Waals surface area contributed by atoms with Gasteiger partial charge in [-0.3, -0.25) is 4.90 Å². The van der Waals surface area contributed by atoms with Gasteiger partial charge in [-0.15, -0.1) is 0 Å². The van der Waals surface area contributed by atoms with Crippen molar-refractivity contribution in [2.75, 3.05) is 11.9 Å². The first-order valence-corrected chi connectivity index (χ1v) is 6.95. The first-order valence-electron chi connectivity index (χ1n) is 6.19. The van der Waals surface area contributed by atoms with Crippen molar-refractivity contribution in [2.24, 2.45) is 0 Å². The molecule has 6 heteroatoms. The minimum absolute atomic E-state index is 0.287. The molecule has 0 bridgehead atoms. The Balaban J connectivity index is 2.01. The Morgan fingerprint density at radius 1 is 1.14 bits per heavy atom. The van der Waals surface area contributed by atoms with Crippen LogP contribution in [-0.4, -0.2) is 13.1 Å². The lowest BCUT2D eigenvalue weighted by atomic mass is 10.2. The molecule has 0 aliphatic heterocycles. The van der Waals surface area contributed by atoms with Crippen LogP contribution >= 0.6 is 23.2 Å². The predicted molar refractivity (Wildman–Crippen MR) is 85.2 cm³/mol. The molecular formula is C15H14Cl2N2O2. The molecule has 0 atom stereocenters. The van der Waals surface area contributed by atoms with Crippen molar-refractivity contribution in [3.05, 3.63) is 58.1 Å². The van der Waals surface area contributed by atoms with Crippen LogP contribution in [0.15, 0.2) is 42.5 Å². The summed E-state index contributed by atoms with van der Waals surface area (Å²) in [7, 11) is 1.64. The number of aryl methyl sites for hydroxylation is 1. The van der Waals surface area contributed by atoms with E-state index >= 15 is 0 Å². The number of rotatable bonds is 3. The van der Waals surface area contributed by atoms with Crippen LogP contribution in [0.2, 0.25) is 10.0 Å². The summed E-state index contributed by atoms with van der Waals surface area (Å²) in [6, 6.07) is 11.9. The normalized spacial score (nSPS) is 10.1. The van der Waals surface area contributed by atoms with Crippen molar-refractivity contribution in [2.45, 2.75) is 6.92 Å².